The van der Waals surface area contributed by atoms with E-state index in [1.54, 1.807) is 12.1 Å². The van der Waals surface area contributed by atoms with Crippen molar-refractivity contribution in [2.45, 2.75) is 25.2 Å². The van der Waals surface area contributed by atoms with E-state index in [-0.39, 0.29) is 23.3 Å². The van der Waals surface area contributed by atoms with Gasteiger partial charge in [-0.1, -0.05) is 12.1 Å². The monoisotopic (exact) mass is 321 g/mol. The van der Waals surface area contributed by atoms with E-state index in [0.717, 1.165) is 30.0 Å². The average Bonchev–Trinajstić information content (AvgIpc) is 3.10. The minimum Gasteiger partial charge on any atom is -0.508 e. The van der Waals surface area contributed by atoms with Gasteiger partial charge in [-0.3, -0.25) is 4.79 Å². The molecular weight excluding hydrogens is 302 g/mol. The molecule has 3 aliphatic carbocycles. The largest absolute Gasteiger partial charge is 0.508 e. The maximum absolute atomic E-state index is 12.5. The molecule has 1 heterocycles. The Balaban J connectivity index is 1.67. The molecule has 122 valence electrons. The zero-order valence-electron chi connectivity index (χ0n) is 13.2. The first-order valence-corrected chi connectivity index (χ1v) is 8.48. The molecule has 2 aromatic carbocycles. The van der Waals surface area contributed by atoms with Crippen molar-refractivity contribution in [3.05, 3.63) is 52.3 Å². The molecule has 0 aliphatic heterocycles. The van der Waals surface area contributed by atoms with Crippen LogP contribution in [0.3, 0.4) is 0 Å². The number of H-pyrrole nitrogens is 1. The summed E-state index contributed by atoms with van der Waals surface area (Å²) in [6.07, 6.45) is 3.25. The molecule has 4 heteroatoms. The van der Waals surface area contributed by atoms with Crippen LogP contribution in [0.2, 0.25) is 0 Å². The lowest BCUT2D eigenvalue weighted by molar-refractivity contribution is 0.0555. The summed E-state index contributed by atoms with van der Waals surface area (Å²) in [4.78, 5) is 15.4. The van der Waals surface area contributed by atoms with Gasteiger partial charge in [0, 0.05) is 23.4 Å². The molecule has 0 spiro atoms. The molecule has 0 radical (unpaired) electrons. The van der Waals surface area contributed by atoms with Gasteiger partial charge in [-0.05, 0) is 65.7 Å². The minimum absolute atomic E-state index is 0.118. The van der Waals surface area contributed by atoms with Crippen LogP contribution in [0.25, 0.3) is 21.7 Å². The van der Waals surface area contributed by atoms with E-state index in [0.29, 0.717) is 22.7 Å². The van der Waals surface area contributed by atoms with E-state index < -0.39 is 0 Å². The molecule has 3 fully saturated rings. The third kappa shape index (κ3) is 1.80. The Morgan fingerprint density at radius 2 is 1.83 bits per heavy atom. The molecule has 2 bridgehead atoms. The Labute approximate surface area is 138 Å². The summed E-state index contributed by atoms with van der Waals surface area (Å²) < 4.78 is 0. The lowest BCUT2D eigenvalue weighted by Gasteiger charge is -2.36. The summed E-state index contributed by atoms with van der Waals surface area (Å²) in [5.41, 5.74) is 1.89. The van der Waals surface area contributed by atoms with Gasteiger partial charge in [-0.15, -0.1) is 0 Å². The number of aromatic nitrogens is 1. The van der Waals surface area contributed by atoms with Crippen molar-refractivity contribution >= 4 is 21.7 Å². The van der Waals surface area contributed by atoms with Gasteiger partial charge in [-0.2, -0.15) is 0 Å². The topological polar surface area (TPSA) is 73.3 Å². The number of phenols is 1. The number of hydrogen-bond acceptors (Lipinski definition) is 3. The molecular formula is C20H19NO3. The third-order valence-corrected chi connectivity index (χ3v) is 6.21. The molecule has 6 rings (SSSR count). The number of aliphatic hydroxyl groups is 1. The fourth-order valence-electron chi connectivity index (χ4n) is 5.00. The van der Waals surface area contributed by atoms with Gasteiger partial charge in [0.05, 0.1) is 5.52 Å². The van der Waals surface area contributed by atoms with Gasteiger partial charge < -0.3 is 15.2 Å². The van der Waals surface area contributed by atoms with E-state index in [4.69, 9.17) is 0 Å². The normalized spacial score (nSPS) is 28.4. The third-order valence-electron chi connectivity index (χ3n) is 6.21. The molecule has 3 aromatic rings. The maximum atomic E-state index is 12.5. The van der Waals surface area contributed by atoms with Crippen molar-refractivity contribution in [1.82, 2.24) is 4.98 Å². The van der Waals surface area contributed by atoms with Crippen LogP contribution in [0.4, 0.5) is 0 Å². The number of nitrogens with one attached hydrogen (secondary N) is 1. The van der Waals surface area contributed by atoms with Crippen molar-refractivity contribution in [3.8, 4) is 5.75 Å². The predicted octanol–water partition coefficient (Wildman–Crippen LogP) is 3.26. The Hall–Kier alpha value is -2.33. The second-order valence-electron chi connectivity index (χ2n) is 7.63. The minimum atomic E-state index is -0.118. The SMILES string of the molecule is O=c1[nH]c2cc(O)ccc2c2ccc(C3CC4(CO)CC3C4)cc12. The number of aliphatic hydroxyl groups excluding tert-OH is 1. The van der Waals surface area contributed by atoms with Crippen molar-refractivity contribution in [3.63, 3.8) is 0 Å². The summed E-state index contributed by atoms with van der Waals surface area (Å²) >= 11 is 0. The summed E-state index contributed by atoms with van der Waals surface area (Å²) in [6.45, 7) is 0.280. The number of aromatic hydroxyl groups is 1. The number of fused-ring (bicyclic) bond motifs is 4. The smallest absolute Gasteiger partial charge is 0.256 e. The van der Waals surface area contributed by atoms with Crippen molar-refractivity contribution in [2.24, 2.45) is 11.3 Å². The predicted molar refractivity (Wildman–Crippen MR) is 93.3 cm³/mol. The second kappa shape index (κ2) is 4.61. The quantitative estimate of drug-likeness (QED) is 0.634. The number of rotatable bonds is 2. The Morgan fingerprint density at radius 1 is 1.04 bits per heavy atom. The first-order valence-electron chi connectivity index (χ1n) is 8.48. The van der Waals surface area contributed by atoms with Gasteiger partial charge in [-0.25, -0.2) is 0 Å². The lowest BCUT2D eigenvalue weighted by atomic mass is 9.70. The van der Waals surface area contributed by atoms with Crippen LogP contribution in [0, 0.1) is 11.3 Å². The summed E-state index contributed by atoms with van der Waals surface area (Å²) in [7, 11) is 0. The first-order chi connectivity index (χ1) is 11.6. The molecule has 0 saturated heterocycles. The Morgan fingerprint density at radius 3 is 2.58 bits per heavy atom. The van der Waals surface area contributed by atoms with Crippen LogP contribution in [-0.4, -0.2) is 21.8 Å². The van der Waals surface area contributed by atoms with Gasteiger partial charge in [0.1, 0.15) is 5.75 Å². The highest BCUT2D eigenvalue weighted by Crippen LogP contribution is 2.64. The summed E-state index contributed by atoms with van der Waals surface area (Å²) in [5, 5.41) is 21.8. The highest BCUT2D eigenvalue weighted by atomic mass is 16.3. The van der Waals surface area contributed by atoms with Crippen LogP contribution in [-0.2, 0) is 0 Å². The Kier molecular flexibility index (Phi) is 2.70. The second-order valence-corrected chi connectivity index (χ2v) is 7.63. The molecule has 1 unspecified atom stereocenters. The number of benzene rings is 2. The average molecular weight is 321 g/mol. The molecule has 1 atom stereocenters. The van der Waals surface area contributed by atoms with Gasteiger partial charge in [0.25, 0.3) is 5.56 Å². The molecule has 3 N–H and O–H groups in total. The first kappa shape index (κ1) is 14.1. The standard InChI is InChI=1S/C20H19NO3/c22-10-20-7-12(8-20)17(9-20)11-1-3-14-15-4-2-13(23)6-18(15)21-19(24)16(14)5-11/h1-6,12,17,22-23H,7-10H2,(H,21,24). The van der Waals surface area contributed by atoms with Crippen LogP contribution in [0.1, 0.15) is 30.7 Å². The van der Waals surface area contributed by atoms with E-state index in [1.165, 1.54) is 5.56 Å². The van der Waals surface area contributed by atoms with Crippen molar-refractivity contribution in [2.75, 3.05) is 6.61 Å². The van der Waals surface area contributed by atoms with Crippen LogP contribution in [0.5, 0.6) is 5.75 Å². The molecule has 24 heavy (non-hydrogen) atoms. The van der Waals surface area contributed by atoms with Crippen molar-refractivity contribution in [1.29, 1.82) is 0 Å². The maximum Gasteiger partial charge on any atom is 0.256 e. The van der Waals surface area contributed by atoms with E-state index in [1.807, 2.05) is 18.2 Å². The zero-order valence-corrected chi connectivity index (χ0v) is 13.2. The van der Waals surface area contributed by atoms with Crippen molar-refractivity contribution < 1.29 is 10.2 Å². The van der Waals surface area contributed by atoms with Crippen LogP contribution < -0.4 is 5.56 Å². The molecule has 1 aromatic heterocycles. The van der Waals surface area contributed by atoms with E-state index >= 15 is 0 Å². The molecule has 3 saturated carbocycles. The number of hydrogen-bond donors (Lipinski definition) is 3. The van der Waals surface area contributed by atoms with E-state index in [9.17, 15) is 15.0 Å². The van der Waals surface area contributed by atoms with Gasteiger partial charge in [0.15, 0.2) is 0 Å². The molecule has 3 aliphatic rings. The zero-order chi connectivity index (χ0) is 16.5. The highest BCUT2D eigenvalue weighted by molar-refractivity contribution is 6.05. The Bertz CT molecular complexity index is 1030. The van der Waals surface area contributed by atoms with Gasteiger partial charge in [0.2, 0.25) is 0 Å². The fraction of sp³-hybridized carbons (Fsp3) is 0.350. The fourth-order valence-corrected chi connectivity index (χ4v) is 5.00. The summed E-state index contributed by atoms with van der Waals surface area (Å²) in [6, 6.07) is 11.3. The van der Waals surface area contributed by atoms with Gasteiger partial charge >= 0.3 is 0 Å². The van der Waals surface area contributed by atoms with E-state index in [2.05, 4.69) is 11.1 Å². The number of phenolic OH excluding ortho intramolecular Hbond substituents is 1. The molecule has 0 amide bonds. The lowest BCUT2D eigenvalue weighted by Crippen LogP contribution is -2.31. The molecule has 4 nitrogen and oxygen atoms in total. The van der Waals surface area contributed by atoms with Crippen LogP contribution >= 0.6 is 0 Å². The number of aromatic amines is 1. The number of pyridine rings is 1. The summed E-state index contributed by atoms with van der Waals surface area (Å²) in [5.74, 6) is 1.25. The van der Waals surface area contributed by atoms with Crippen LogP contribution in [0.15, 0.2) is 41.2 Å². The highest BCUT2D eigenvalue weighted by Gasteiger charge is 2.55.